The van der Waals surface area contributed by atoms with Crippen LogP contribution in [-0.4, -0.2) is 41.9 Å². The highest BCUT2D eigenvalue weighted by Crippen LogP contribution is 2.36. The van der Waals surface area contributed by atoms with Gasteiger partial charge in [-0.05, 0) is 68.0 Å². The molecule has 5 nitrogen and oxygen atoms in total. The lowest BCUT2D eigenvalue weighted by Crippen LogP contribution is -2.52. The summed E-state index contributed by atoms with van der Waals surface area (Å²) < 4.78 is 18.5. The summed E-state index contributed by atoms with van der Waals surface area (Å²) in [5, 5.41) is 3.07. The predicted octanol–water partition coefficient (Wildman–Crippen LogP) is 3.72. The van der Waals surface area contributed by atoms with Gasteiger partial charge in [0.05, 0.1) is 7.11 Å². The second kappa shape index (κ2) is 8.86. The lowest BCUT2D eigenvalue weighted by Gasteiger charge is -2.39. The minimum absolute atomic E-state index is 0.0401. The van der Waals surface area contributed by atoms with E-state index in [2.05, 4.69) is 10.2 Å². The number of benzene rings is 2. The molecule has 2 aromatic carbocycles. The number of amides is 2. The van der Waals surface area contributed by atoms with E-state index in [1.54, 1.807) is 7.11 Å². The number of rotatable bonds is 6. The first kappa shape index (κ1) is 20.4. The largest absolute Gasteiger partial charge is 0.496 e. The summed E-state index contributed by atoms with van der Waals surface area (Å²) in [4.78, 5) is 27.5. The summed E-state index contributed by atoms with van der Waals surface area (Å²) in [7, 11) is 1.64. The van der Waals surface area contributed by atoms with E-state index >= 15 is 0 Å². The number of halogens is 1. The standard InChI is InChI=1S/C24H27FN2O3/c1-30-22-5-3-2-4-16(22)8-13-23(28)27-20-11-12-21(27)15-19(14-20)26-24(29)17-6-9-18(25)10-7-17/h2-7,9-10,19-21H,8,11-15H2,1H3,(H,26,29). The maximum Gasteiger partial charge on any atom is 0.251 e. The summed E-state index contributed by atoms with van der Waals surface area (Å²) in [6.07, 6.45) is 4.61. The van der Waals surface area contributed by atoms with E-state index in [1.807, 2.05) is 24.3 Å². The third kappa shape index (κ3) is 4.32. The average molecular weight is 410 g/mol. The van der Waals surface area contributed by atoms with Crippen molar-refractivity contribution in [3.63, 3.8) is 0 Å². The molecule has 2 atom stereocenters. The topological polar surface area (TPSA) is 58.6 Å². The van der Waals surface area contributed by atoms with Crippen LogP contribution in [0.3, 0.4) is 0 Å². The zero-order valence-corrected chi connectivity index (χ0v) is 17.1. The fourth-order valence-corrected chi connectivity index (χ4v) is 4.85. The fraction of sp³-hybridized carbons (Fsp3) is 0.417. The molecule has 0 aliphatic carbocycles. The van der Waals surface area contributed by atoms with Gasteiger partial charge < -0.3 is 15.0 Å². The summed E-state index contributed by atoms with van der Waals surface area (Å²) in [6.45, 7) is 0. The lowest BCUT2D eigenvalue weighted by atomic mass is 9.96. The molecule has 30 heavy (non-hydrogen) atoms. The Morgan fingerprint density at radius 2 is 1.73 bits per heavy atom. The number of methoxy groups -OCH3 is 1. The highest BCUT2D eigenvalue weighted by Gasteiger charge is 2.43. The molecule has 0 aromatic heterocycles. The number of ether oxygens (including phenoxy) is 1. The van der Waals surface area contributed by atoms with Crippen LogP contribution in [0.4, 0.5) is 4.39 Å². The smallest absolute Gasteiger partial charge is 0.251 e. The highest BCUT2D eigenvalue weighted by atomic mass is 19.1. The molecule has 2 bridgehead atoms. The Kier molecular flexibility index (Phi) is 6.02. The van der Waals surface area contributed by atoms with Crippen molar-refractivity contribution in [2.45, 2.75) is 56.7 Å². The van der Waals surface area contributed by atoms with E-state index in [1.165, 1.54) is 24.3 Å². The molecule has 0 radical (unpaired) electrons. The van der Waals surface area contributed by atoms with Gasteiger partial charge in [0.25, 0.3) is 5.91 Å². The molecule has 158 valence electrons. The van der Waals surface area contributed by atoms with Crippen molar-refractivity contribution in [1.82, 2.24) is 10.2 Å². The molecule has 2 heterocycles. The number of hydrogen-bond donors (Lipinski definition) is 1. The third-order valence-corrected chi connectivity index (χ3v) is 6.26. The minimum atomic E-state index is -0.357. The second-order valence-corrected chi connectivity index (χ2v) is 8.15. The second-order valence-electron chi connectivity index (χ2n) is 8.15. The number of carbonyl (C=O) groups is 2. The molecule has 2 fully saturated rings. The first-order valence-corrected chi connectivity index (χ1v) is 10.5. The van der Waals surface area contributed by atoms with Crippen LogP contribution in [-0.2, 0) is 11.2 Å². The number of fused-ring (bicyclic) bond motifs is 2. The van der Waals surface area contributed by atoms with E-state index in [4.69, 9.17) is 4.74 Å². The van der Waals surface area contributed by atoms with Crippen LogP contribution in [0.2, 0.25) is 0 Å². The van der Waals surface area contributed by atoms with Gasteiger partial charge in [0.15, 0.2) is 0 Å². The van der Waals surface area contributed by atoms with Gasteiger partial charge >= 0.3 is 0 Å². The number of nitrogens with zero attached hydrogens (tertiary/aromatic N) is 1. The van der Waals surface area contributed by atoms with Crippen LogP contribution in [0.5, 0.6) is 5.75 Å². The zero-order chi connectivity index (χ0) is 21.1. The molecule has 1 N–H and O–H groups in total. The normalized spacial score (nSPS) is 22.6. The molecule has 2 aromatic rings. The Balaban J connectivity index is 1.34. The molecule has 2 saturated heterocycles. The quantitative estimate of drug-likeness (QED) is 0.790. The van der Waals surface area contributed by atoms with Gasteiger partial charge in [-0.2, -0.15) is 0 Å². The minimum Gasteiger partial charge on any atom is -0.496 e. The van der Waals surface area contributed by atoms with Gasteiger partial charge in [-0.1, -0.05) is 18.2 Å². The van der Waals surface area contributed by atoms with Gasteiger partial charge in [0, 0.05) is 30.1 Å². The molecule has 2 aliphatic heterocycles. The van der Waals surface area contributed by atoms with Crippen molar-refractivity contribution in [2.24, 2.45) is 0 Å². The Hall–Kier alpha value is -2.89. The molecule has 2 amide bonds. The van der Waals surface area contributed by atoms with Crippen LogP contribution >= 0.6 is 0 Å². The molecule has 4 rings (SSSR count). The molecule has 2 aliphatic rings. The highest BCUT2D eigenvalue weighted by molar-refractivity contribution is 5.94. The average Bonchev–Trinajstić information content (AvgIpc) is 3.03. The van der Waals surface area contributed by atoms with Crippen molar-refractivity contribution in [3.8, 4) is 5.75 Å². The third-order valence-electron chi connectivity index (χ3n) is 6.26. The monoisotopic (exact) mass is 410 g/mol. The number of hydrogen-bond acceptors (Lipinski definition) is 3. The SMILES string of the molecule is COc1ccccc1CCC(=O)N1C2CCC1CC(NC(=O)c1ccc(F)cc1)C2. The fourth-order valence-electron chi connectivity index (χ4n) is 4.85. The molecule has 6 heteroatoms. The van der Waals surface area contributed by atoms with Crippen molar-refractivity contribution in [3.05, 3.63) is 65.5 Å². The van der Waals surface area contributed by atoms with Gasteiger partial charge in [-0.15, -0.1) is 0 Å². The van der Waals surface area contributed by atoms with Gasteiger partial charge in [-0.3, -0.25) is 9.59 Å². The van der Waals surface area contributed by atoms with Crippen LogP contribution in [0.25, 0.3) is 0 Å². The number of piperidine rings is 1. The first-order chi connectivity index (χ1) is 14.5. The molecular weight excluding hydrogens is 383 g/mol. The van der Waals surface area contributed by atoms with Crippen molar-refractivity contribution >= 4 is 11.8 Å². The van der Waals surface area contributed by atoms with Crippen LogP contribution in [0.1, 0.15) is 48.0 Å². The Morgan fingerprint density at radius 3 is 2.40 bits per heavy atom. The molecule has 0 saturated carbocycles. The number of aryl methyl sites for hydroxylation is 1. The van der Waals surface area contributed by atoms with E-state index in [0.717, 1.165) is 37.0 Å². The summed E-state index contributed by atoms with van der Waals surface area (Å²) >= 11 is 0. The van der Waals surface area contributed by atoms with Crippen LogP contribution in [0.15, 0.2) is 48.5 Å². The summed E-state index contributed by atoms with van der Waals surface area (Å²) in [6, 6.07) is 13.8. The Morgan fingerprint density at radius 1 is 1.07 bits per heavy atom. The van der Waals surface area contributed by atoms with Crippen molar-refractivity contribution < 1.29 is 18.7 Å². The molecular formula is C24H27FN2O3. The Labute approximate surface area is 176 Å². The Bertz CT molecular complexity index is 901. The van der Waals surface area contributed by atoms with Gasteiger partial charge in [0.1, 0.15) is 11.6 Å². The van der Waals surface area contributed by atoms with E-state index in [0.29, 0.717) is 18.4 Å². The maximum atomic E-state index is 13.1. The van der Waals surface area contributed by atoms with Crippen LogP contribution in [0, 0.1) is 5.82 Å². The maximum absolute atomic E-state index is 13.1. The first-order valence-electron chi connectivity index (χ1n) is 10.5. The summed E-state index contributed by atoms with van der Waals surface area (Å²) in [5.41, 5.74) is 1.50. The van der Waals surface area contributed by atoms with Gasteiger partial charge in [-0.25, -0.2) is 4.39 Å². The van der Waals surface area contributed by atoms with E-state index < -0.39 is 0 Å². The summed E-state index contributed by atoms with van der Waals surface area (Å²) in [5.74, 6) is 0.451. The van der Waals surface area contributed by atoms with E-state index in [-0.39, 0.29) is 35.8 Å². The van der Waals surface area contributed by atoms with Crippen molar-refractivity contribution in [2.75, 3.05) is 7.11 Å². The number of carbonyl (C=O) groups excluding carboxylic acids is 2. The van der Waals surface area contributed by atoms with E-state index in [9.17, 15) is 14.0 Å². The van der Waals surface area contributed by atoms with Gasteiger partial charge in [0.2, 0.25) is 5.91 Å². The van der Waals surface area contributed by atoms with Crippen LogP contribution < -0.4 is 10.1 Å². The molecule has 2 unspecified atom stereocenters. The van der Waals surface area contributed by atoms with Crippen molar-refractivity contribution in [1.29, 1.82) is 0 Å². The zero-order valence-electron chi connectivity index (χ0n) is 17.1. The lowest BCUT2D eigenvalue weighted by molar-refractivity contribution is -0.135. The molecule has 0 spiro atoms. The number of para-hydroxylation sites is 1. The number of nitrogens with one attached hydrogen (secondary N) is 1. The predicted molar refractivity (Wildman–Crippen MR) is 112 cm³/mol.